The van der Waals surface area contributed by atoms with Gasteiger partial charge in [-0.2, -0.15) is 5.10 Å². The predicted molar refractivity (Wildman–Crippen MR) is 126 cm³/mol. The van der Waals surface area contributed by atoms with Crippen LogP contribution in [0.25, 0.3) is 10.8 Å². The number of amides is 1. The van der Waals surface area contributed by atoms with Gasteiger partial charge in [0.1, 0.15) is 12.4 Å². The van der Waals surface area contributed by atoms with Gasteiger partial charge in [0.25, 0.3) is 5.91 Å². The van der Waals surface area contributed by atoms with Crippen molar-refractivity contribution in [3.8, 4) is 5.75 Å². The minimum Gasteiger partial charge on any atom is -0.489 e. The number of carbonyl (C=O) groups excluding carboxylic acids is 1. The number of hydrogen-bond donors (Lipinski definition) is 1. The van der Waals surface area contributed by atoms with Gasteiger partial charge in [-0.3, -0.25) is 4.79 Å². The summed E-state index contributed by atoms with van der Waals surface area (Å²) >= 11 is 12.1. The number of hydrazone groups is 1. The van der Waals surface area contributed by atoms with Gasteiger partial charge in [0.05, 0.1) is 6.21 Å². The summed E-state index contributed by atoms with van der Waals surface area (Å²) in [5.41, 5.74) is 4.80. The van der Waals surface area contributed by atoms with Crippen LogP contribution < -0.4 is 10.2 Å². The quantitative estimate of drug-likeness (QED) is 0.270. The summed E-state index contributed by atoms with van der Waals surface area (Å²) in [6.07, 6.45) is 1.57. The second-order valence-corrected chi connectivity index (χ2v) is 7.67. The minimum absolute atomic E-state index is 0.266. The van der Waals surface area contributed by atoms with E-state index in [4.69, 9.17) is 27.9 Å². The molecule has 0 bridgehead atoms. The predicted octanol–water partition coefficient (Wildman–Crippen LogP) is 6.49. The highest BCUT2D eigenvalue weighted by Crippen LogP contribution is 2.23. The van der Waals surface area contributed by atoms with Crippen LogP contribution in [0.2, 0.25) is 10.0 Å². The Kier molecular flexibility index (Phi) is 6.51. The molecule has 4 aromatic carbocycles. The van der Waals surface area contributed by atoms with Crippen LogP contribution in [0, 0.1) is 0 Å². The van der Waals surface area contributed by atoms with Gasteiger partial charge in [0, 0.05) is 21.2 Å². The third-order valence-corrected chi connectivity index (χ3v) is 5.27. The Morgan fingerprint density at radius 1 is 0.935 bits per heavy atom. The molecule has 0 saturated carbocycles. The molecule has 0 fully saturated rings. The molecule has 1 N–H and O–H groups in total. The maximum atomic E-state index is 12.6. The van der Waals surface area contributed by atoms with Crippen LogP contribution in [0.5, 0.6) is 5.75 Å². The van der Waals surface area contributed by atoms with Crippen molar-refractivity contribution in [3.63, 3.8) is 0 Å². The maximum Gasteiger partial charge on any atom is 0.271 e. The molecule has 31 heavy (non-hydrogen) atoms. The van der Waals surface area contributed by atoms with E-state index in [9.17, 15) is 4.79 Å². The first-order valence-corrected chi connectivity index (χ1v) is 10.3. The van der Waals surface area contributed by atoms with E-state index in [1.54, 1.807) is 24.4 Å². The second kappa shape index (κ2) is 9.65. The van der Waals surface area contributed by atoms with Crippen molar-refractivity contribution in [1.29, 1.82) is 0 Å². The number of hydrogen-bond acceptors (Lipinski definition) is 3. The van der Waals surface area contributed by atoms with Gasteiger partial charge < -0.3 is 4.74 Å². The van der Waals surface area contributed by atoms with Gasteiger partial charge in [0.2, 0.25) is 0 Å². The number of ether oxygens (including phenoxy) is 1. The lowest BCUT2D eigenvalue weighted by molar-refractivity contribution is 0.0957. The van der Waals surface area contributed by atoms with Crippen LogP contribution in [0.15, 0.2) is 90.0 Å². The van der Waals surface area contributed by atoms with Gasteiger partial charge in [-0.25, -0.2) is 5.43 Å². The third-order valence-electron chi connectivity index (χ3n) is 4.68. The number of nitrogens with one attached hydrogen (secondary N) is 1. The second-order valence-electron chi connectivity index (χ2n) is 6.82. The first-order valence-electron chi connectivity index (χ1n) is 9.58. The largest absolute Gasteiger partial charge is 0.489 e. The highest BCUT2D eigenvalue weighted by atomic mass is 35.5. The third kappa shape index (κ3) is 5.23. The van der Waals surface area contributed by atoms with E-state index in [0.717, 1.165) is 21.9 Å². The molecule has 0 aliphatic heterocycles. The maximum absolute atomic E-state index is 12.6. The molecule has 4 aromatic rings. The van der Waals surface area contributed by atoms with Crippen molar-refractivity contribution in [1.82, 2.24) is 5.43 Å². The molecule has 4 nitrogen and oxygen atoms in total. The smallest absolute Gasteiger partial charge is 0.271 e. The number of fused-ring (bicyclic) bond motifs is 1. The van der Waals surface area contributed by atoms with Crippen molar-refractivity contribution < 1.29 is 9.53 Å². The summed E-state index contributed by atoms with van der Waals surface area (Å²) in [6.45, 7) is 0.314. The van der Waals surface area contributed by atoms with Gasteiger partial charge >= 0.3 is 0 Å². The highest BCUT2D eigenvalue weighted by molar-refractivity contribution is 6.35. The van der Waals surface area contributed by atoms with E-state index in [1.807, 2.05) is 66.7 Å². The summed E-state index contributed by atoms with van der Waals surface area (Å²) in [6, 6.07) is 26.0. The molecule has 4 rings (SSSR count). The lowest BCUT2D eigenvalue weighted by Gasteiger charge is -2.08. The minimum atomic E-state index is -0.266. The van der Waals surface area contributed by atoms with E-state index in [2.05, 4.69) is 10.5 Å². The molecular weight excluding hydrogens is 431 g/mol. The number of benzene rings is 4. The lowest BCUT2D eigenvalue weighted by Crippen LogP contribution is -2.17. The number of rotatable bonds is 6. The normalized spacial score (nSPS) is 11.0. The molecule has 0 atom stereocenters. The average molecular weight is 449 g/mol. The fraction of sp³-hybridized carbons (Fsp3) is 0.0400. The van der Waals surface area contributed by atoms with Crippen LogP contribution >= 0.6 is 23.2 Å². The molecule has 0 saturated heterocycles. The van der Waals surface area contributed by atoms with E-state index in [-0.39, 0.29) is 5.91 Å². The Bertz CT molecular complexity index is 1270. The molecule has 0 radical (unpaired) electrons. The molecule has 6 heteroatoms. The van der Waals surface area contributed by atoms with Crippen LogP contribution in [-0.2, 0) is 6.61 Å². The Hall–Kier alpha value is -3.34. The average Bonchev–Trinajstić information content (AvgIpc) is 2.78. The van der Waals surface area contributed by atoms with Crippen LogP contribution in [0.1, 0.15) is 21.5 Å². The molecule has 0 heterocycles. The molecular formula is C25H18Cl2N2O2. The summed E-state index contributed by atoms with van der Waals surface area (Å²) in [7, 11) is 0. The summed E-state index contributed by atoms with van der Waals surface area (Å²) in [5, 5.41) is 7.12. The van der Waals surface area contributed by atoms with E-state index >= 15 is 0 Å². The summed E-state index contributed by atoms with van der Waals surface area (Å²) in [5.74, 6) is 0.396. The number of halogens is 2. The standard InChI is InChI=1S/C25H18Cl2N2O2/c26-20-12-11-19(24(27)14-20)16-31-21-8-3-5-17(13-21)15-28-29-25(30)23-10-4-7-18-6-1-2-9-22(18)23/h1-15H,16H2,(H,29,30)/b28-15+. The Morgan fingerprint density at radius 2 is 1.74 bits per heavy atom. The Labute approximate surface area is 190 Å². The number of nitrogens with zero attached hydrogens (tertiary/aromatic N) is 1. The fourth-order valence-electron chi connectivity index (χ4n) is 3.13. The van der Waals surface area contributed by atoms with Crippen molar-refractivity contribution in [2.75, 3.05) is 0 Å². The zero-order chi connectivity index (χ0) is 21.6. The van der Waals surface area contributed by atoms with E-state index < -0.39 is 0 Å². The number of carbonyl (C=O) groups is 1. The molecule has 0 aliphatic rings. The first-order chi connectivity index (χ1) is 15.1. The zero-order valence-corrected chi connectivity index (χ0v) is 17.9. The van der Waals surface area contributed by atoms with Gasteiger partial charge in [-0.15, -0.1) is 0 Å². The topological polar surface area (TPSA) is 50.7 Å². The van der Waals surface area contributed by atoms with Crippen molar-refractivity contribution >= 4 is 46.1 Å². The molecule has 0 unspecified atom stereocenters. The molecule has 0 spiro atoms. The molecule has 0 aliphatic carbocycles. The highest BCUT2D eigenvalue weighted by Gasteiger charge is 2.08. The molecule has 1 amide bonds. The van der Waals surface area contributed by atoms with Crippen molar-refractivity contribution in [3.05, 3.63) is 112 Å². The van der Waals surface area contributed by atoms with Crippen LogP contribution in [0.3, 0.4) is 0 Å². The molecule has 0 aromatic heterocycles. The molecule has 154 valence electrons. The first kappa shape index (κ1) is 20.9. The van der Waals surface area contributed by atoms with Gasteiger partial charge in [-0.05, 0) is 46.7 Å². The van der Waals surface area contributed by atoms with E-state index in [1.165, 1.54) is 0 Å². The van der Waals surface area contributed by atoms with Gasteiger partial charge in [-0.1, -0.05) is 77.8 Å². The summed E-state index contributed by atoms with van der Waals surface area (Å²) < 4.78 is 5.82. The Morgan fingerprint density at radius 3 is 2.61 bits per heavy atom. The van der Waals surface area contributed by atoms with Gasteiger partial charge in [0.15, 0.2) is 0 Å². The van der Waals surface area contributed by atoms with E-state index in [0.29, 0.717) is 28.0 Å². The zero-order valence-electron chi connectivity index (χ0n) is 16.4. The monoisotopic (exact) mass is 448 g/mol. The van der Waals surface area contributed by atoms with Crippen LogP contribution in [-0.4, -0.2) is 12.1 Å². The fourth-order valence-corrected chi connectivity index (χ4v) is 3.60. The Balaban J connectivity index is 1.41. The van der Waals surface area contributed by atoms with Crippen molar-refractivity contribution in [2.45, 2.75) is 6.61 Å². The van der Waals surface area contributed by atoms with Crippen molar-refractivity contribution in [2.24, 2.45) is 5.10 Å². The van der Waals surface area contributed by atoms with Crippen LogP contribution in [0.4, 0.5) is 0 Å². The SMILES string of the molecule is O=C(N/N=C/c1cccc(OCc2ccc(Cl)cc2Cl)c1)c1cccc2ccccc12. The summed E-state index contributed by atoms with van der Waals surface area (Å²) in [4.78, 5) is 12.6. The lowest BCUT2D eigenvalue weighted by atomic mass is 10.0.